The lowest BCUT2D eigenvalue weighted by Gasteiger charge is -2.54. The summed E-state index contributed by atoms with van der Waals surface area (Å²) in [6, 6.07) is 2.11. The molecule has 1 aliphatic heterocycles. The number of nitrogens with one attached hydrogen (secondary N) is 1. The van der Waals surface area contributed by atoms with E-state index in [2.05, 4.69) is 10.3 Å². The Balaban J connectivity index is 1.63. The van der Waals surface area contributed by atoms with Crippen molar-refractivity contribution in [3.63, 3.8) is 0 Å². The van der Waals surface area contributed by atoms with Crippen LogP contribution in [0.5, 0.6) is 0 Å². The van der Waals surface area contributed by atoms with Gasteiger partial charge in [0.25, 0.3) is 0 Å². The lowest BCUT2D eigenvalue weighted by molar-refractivity contribution is -0.141. The SMILES string of the molecule is O=C(NCc1ccnc(C(F)(F)F)c1)N1CCC(O)CC12CCC2. The van der Waals surface area contributed by atoms with Gasteiger partial charge in [-0.2, -0.15) is 13.2 Å². The number of halogens is 3. The molecule has 1 unspecified atom stereocenters. The molecule has 1 saturated heterocycles. The molecule has 2 N–H and O–H groups in total. The molecular weight excluding hydrogens is 323 g/mol. The second-order valence-electron chi connectivity index (χ2n) is 6.58. The summed E-state index contributed by atoms with van der Waals surface area (Å²) in [6.07, 6.45) is 0.0693. The van der Waals surface area contributed by atoms with Crippen LogP contribution in [0.2, 0.25) is 0 Å². The first-order valence-corrected chi connectivity index (χ1v) is 8.06. The highest BCUT2D eigenvalue weighted by atomic mass is 19.4. The standard InChI is InChI=1S/C16H20F3N3O2/c17-16(18,19)13-8-11(2-6-20-13)10-21-14(24)22-7-3-12(23)9-15(22)4-1-5-15/h2,6,8,12,23H,1,3-5,7,9-10H2,(H,21,24). The number of amides is 2. The maximum Gasteiger partial charge on any atom is 0.433 e. The minimum atomic E-state index is -4.50. The van der Waals surface area contributed by atoms with Gasteiger partial charge >= 0.3 is 12.2 Å². The Morgan fingerprint density at radius 1 is 1.46 bits per heavy atom. The first kappa shape index (κ1) is 17.0. The van der Waals surface area contributed by atoms with Crippen LogP contribution in [0.3, 0.4) is 0 Å². The molecule has 24 heavy (non-hydrogen) atoms. The van der Waals surface area contributed by atoms with Crippen molar-refractivity contribution in [1.29, 1.82) is 0 Å². The van der Waals surface area contributed by atoms with Crippen molar-refractivity contribution in [3.8, 4) is 0 Å². The summed E-state index contributed by atoms with van der Waals surface area (Å²) in [5, 5.41) is 12.5. The summed E-state index contributed by atoms with van der Waals surface area (Å²) in [4.78, 5) is 17.5. The summed E-state index contributed by atoms with van der Waals surface area (Å²) in [6.45, 7) is 0.483. The molecule has 1 aliphatic carbocycles. The van der Waals surface area contributed by atoms with Gasteiger partial charge in [0.1, 0.15) is 5.69 Å². The van der Waals surface area contributed by atoms with E-state index in [0.717, 1.165) is 31.5 Å². The smallest absolute Gasteiger partial charge is 0.393 e. The second-order valence-corrected chi connectivity index (χ2v) is 6.58. The summed E-state index contributed by atoms with van der Waals surface area (Å²) in [7, 11) is 0. The molecule has 1 saturated carbocycles. The average Bonchev–Trinajstić information content (AvgIpc) is 2.50. The zero-order valence-corrected chi connectivity index (χ0v) is 13.1. The zero-order valence-electron chi connectivity index (χ0n) is 13.1. The van der Waals surface area contributed by atoms with Crippen molar-refractivity contribution < 1.29 is 23.1 Å². The molecule has 132 valence electrons. The quantitative estimate of drug-likeness (QED) is 0.868. The fourth-order valence-electron chi connectivity index (χ4n) is 3.55. The van der Waals surface area contributed by atoms with Gasteiger partial charge in [0, 0.05) is 24.8 Å². The van der Waals surface area contributed by atoms with Crippen molar-refractivity contribution >= 4 is 6.03 Å². The number of alkyl halides is 3. The van der Waals surface area contributed by atoms with Crippen LogP contribution in [0, 0.1) is 0 Å². The van der Waals surface area contributed by atoms with Gasteiger partial charge in [-0.15, -0.1) is 0 Å². The molecule has 2 amide bonds. The van der Waals surface area contributed by atoms with E-state index in [1.807, 2.05) is 0 Å². The highest BCUT2D eigenvalue weighted by Crippen LogP contribution is 2.44. The topological polar surface area (TPSA) is 65.5 Å². The van der Waals surface area contributed by atoms with Gasteiger partial charge in [-0.3, -0.25) is 4.98 Å². The fraction of sp³-hybridized carbons (Fsp3) is 0.625. The lowest BCUT2D eigenvalue weighted by atomic mass is 9.69. The molecule has 0 bridgehead atoms. The van der Waals surface area contributed by atoms with Crippen molar-refractivity contribution in [2.24, 2.45) is 0 Å². The molecule has 2 fully saturated rings. The number of carbonyl (C=O) groups excluding carboxylic acids is 1. The average molecular weight is 343 g/mol. The summed E-state index contributed by atoms with van der Waals surface area (Å²) >= 11 is 0. The van der Waals surface area contributed by atoms with Crippen LogP contribution in [0.15, 0.2) is 18.3 Å². The number of aliphatic hydroxyl groups excluding tert-OH is 1. The Morgan fingerprint density at radius 3 is 2.83 bits per heavy atom. The summed E-state index contributed by atoms with van der Waals surface area (Å²) in [5.41, 5.74) is -0.895. The minimum Gasteiger partial charge on any atom is -0.393 e. The summed E-state index contributed by atoms with van der Waals surface area (Å²) in [5.74, 6) is 0. The van der Waals surface area contributed by atoms with Gasteiger partial charge in [-0.05, 0) is 49.8 Å². The number of hydrogen-bond acceptors (Lipinski definition) is 3. The zero-order chi connectivity index (χ0) is 17.4. The van der Waals surface area contributed by atoms with E-state index in [0.29, 0.717) is 24.9 Å². The highest BCUT2D eigenvalue weighted by Gasteiger charge is 2.48. The third-order valence-electron chi connectivity index (χ3n) is 4.96. The van der Waals surface area contributed by atoms with Crippen LogP contribution in [0.4, 0.5) is 18.0 Å². The monoisotopic (exact) mass is 343 g/mol. The molecule has 1 atom stereocenters. The molecule has 5 nitrogen and oxygen atoms in total. The molecule has 1 spiro atoms. The van der Waals surface area contributed by atoms with Crippen molar-refractivity contribution in [1.82, 2.24) is 15.2 Å². The number of rotatable bonds is 2. The number of aromatic nitrogens is 1. The largest absolute Gasteiger partial charge is 0.433 e. The van der Waals surface area contributed by atoms with Crippen molar-refractivity contribution in [2.45, 2.75) is 56.5 Å². The van der Waals surface area contributed by atoms with Crippen LogP contribution in [-0.2, 0) is 12.7 Å². The predicted octanol–water partition coefficient (Wildman–Crippen LogP) is 2.69. The normalized spacial score (nSPS) is 23.0. The van der Waals surface area contributed by atoms with Crippen LogP contribution in [-0.4, -0.2) is 39.2 Å². The van der Waals surface area contributed by atoms with Crippen molar-refractivity contribution in [2.75, 3.05) is 6.54 Å². The highest BCUT2D eigenvalue weighted by molar-refractivity contribution is 5.75. The van der Waals surface area contributed by atoms with E-state index >= 15 is 0 Å². The second kappa shape index (κ2) is 6.23. The molecule has 1 aromatic rings. The number of aliphatic hydroxyl groups is 1. The Morgan fingerprint density at radius 2 is 2.21 bits per heavy atom. The van der Waals surface area contributed by atoms with Gasteiger partial charge in [-0.25, -0.2) is 4.79 Å². The number of hydrogen-bond donors (Lipinski definition) is 2. The summed E-state index contributed by atoms with van der Waals surface area (Å²) < 4.78 is 38.0. The van der Waals surface area contributed by atoms with Crippen LogP contribution in [0.25, 0.3) is 0 Å². The van der Waals surface area contributed by atoms with Crippen LogP contribution in [0.1, 0.15) is 43.4 Å². The van der Waals surface area contributed by atoms with Crippen LogP contribution >= 0.6 is 0 Å². The number of urea groups is 1. The van der Waals surface area contributed by atoms with E-state index in [4.69, 9.17) is 0 Å². The number of likely N-dealkylation sites (tertiary alicyclic amines) is 1. The van der Waals surface area contributed by atoms with E-state index in [1.165, 1.54) is 6.07 Å². The predicted molar refractivity (Wildman–Crippen MR) is 80.0 cm³/mol. The Kier molecular flexibility index (Phi) is 4.42. The third-order valence-corrected chi connectivity index (χ3v) is 4.96. The van der Waals surface area contributed by atoms with Gasteiger partial charge in [0.15, 0.2) is 0 Å². The third kappa shape index (κ3) is 3.33. The molecule has 3 rings (SSSR count). The van der Waals surface area contributed by atoms with Gasteiger partial charge in [0.05, 0.1) is 6.10 Å². The molecule has 0 radical (unpaired) electrons. The molecular formula is C16H20F3N3O2. The van der Waals surface area contributed by atoms with Gasteiger partial charge in [0.2, 0.25) is 0 Å². The molecule has 8 heteroatoms. The molecule has 2 heterocycles. The fourth-order valence-corrected chi connectivity index (χ4v) is 3.55. The molecule has 1 aromatic heterocycles. The van der Waals surface area contributed by atoms with E-state index < -0.39 is 11.9 Å². The number of nitrogens with zero attached hydrogens (tertiary/aromatic N) is 2. The molecule has 2 aliphatic rings. The Hall–Kier alpha value is -1.83. The maximum atomic E-state index is 12.7. The van der Waals surface area contributed by atoms with E-state index in [-0.39, 0.29) is 24.2 Å². The number of pyridine rings is 1. The first-order valence-electron chi connectivity index (χ1n) is 8.06. The molecule has 0 aromatic carbocycles. The number of piperidine rings is 1. The lowest BCUT2D eigenvalue weighted by Crippen LogP contribution is -2.63. The first-order chi connectivity index (χ1) is 11.3. The Labute approximate surface area is 137 Å². The van der Waals surface area contributed by atoms with Crippen molar-refractivity contribution in [3.05, 3.63) is 29.6 Å². The van der Waals surface area contributed by atoms with Gasteiger partial charge < -0.3 is 15.3 Å². The van der Waals surface area contributed by atoms with Crippen LogP contribution < -0.4 is 5.32 Å². The van der Waals surface area contributed by atoms with Gasteiger partial charge in [-0.1, -0.05) is 0 Å². The maximum absolute atomic E-state index is 12.7. The number of carbonyl (C=O) groups is 1. The van der Waals surface area contributed by atoms with E-state index in [9.17, 15) is 23.1 Å². The Bertz CT molecular complexity index is 617. The minimum absolute atomic E-state index is 0.0135. The van der Waals surface area contributed by atoms with E-state index in [1.54, 1.807) is 4.90 Å².